The molecule has 2 aromatic rings. The molecule has 0 saturated heterocycles. The largest absolute Gasteiger partial charge is 0.496 e. The van der Waals surface area contributed by atoms with Crippen molar-refractivity contribution in [2.24, 2.45) is 4.99 Å². The van der Waals surface area contributed by atoms with E-state index in [2.05, 4.69) is 15.6 Å². The van der Waals surface area contributed by atoms with Crippen molar-refractivity contribution in [3.05, 3.63) is 36.4 Å². The van der Waals surface area contributed by atoms with Gasteiger partial charge in [-0.1, -0.05) is 0 Å². The number of methoxy groups -OCH3 is 4. The van der Waals surface area contributed by atoms with Crippen LogP contribution in [0.1, 0.15) is 13.3 Å². The Hall–Kier alpha value is -3.29. The van der Waals surface area contributed by atoms with Gasteiger partial charge < -0.3 is 34.3 Å². The molecule has 8 heteroatoms. The zero-order valence-electron chi connectivity index (χ0n) is 18.3. The Morgan fingerprint density at radius 3 is 2.10 bits per heavy atom. The van der Waals surface area contributed by atoms with Crippen molar-refractivity contribution in [1.82, 2.24) is 5.32 Å². The topological polar surface area (TPSA) is 82.6 Å². The first-order chi connectivity index (χ1) is 14.6. The summed E-state index contributed by atoms with van der Waals surface area (Å²) in [4.78, 5) is 4.60. The summed E-state index contributed by atoms with van der Waals surface area (Å²) in [5.74, 6) is 4.10. The molecular weight excluding hydrogens is 386 g/mol. The van der Waals surface area contributed by atoms with E-state index >= 15 is 0 Å². The van der Waals surface area contributed by atoms with E-state index in [-0.39, 0.29) is 0 Å². The molecule has 0 spiro atoms. The van der Waals surface area contributed by atoms with Gasteiger partial charge in [0, 0.05) is 49.5 Å². The number of aliphatic imine (C=N–C) groups is 1. The smallest absolute Gasteiger partial charge is 0.195 e. The number of guanidine groups is 1. The number of benzene rings is 2. The maximum absolute atomic E-state index is 5.81. The number of rotatable bonds is 11. The normalized spacial score (nSPS) is 10.9. The third kappa shape index (κ3) is 6.95. The molecule has 0 aliphatic carbocycles. The van der Waals surface area contributed by atoms with Crippen molar-refractivity contribution in [2.45, 2.75) is 13.3 Å². The molecular formula is C22H31N3O5. The molecule has 30 heavy (non-hydrogen) atoms. The Labute approximate surface area is 178 Å². The lowest BCUT2D eigenvalue weighted by atomic mass is 10.3. The highest BCUT2D eigenvalue weighted by molar-refractivity contribution is 5.93. The fourth-order valence-electron chi connectivity index (χ4n) is 2.67. The maximum atomic E-state index is 5.81. The van der Waals surface area contributed by atoms with Gasteiger partial charge in [0.15, 0.2) is 17.5 Å². The average Bonchev–Trinajstić information content (AvgIpc) is 2.78. The number of nitrogens with zero attached hydrogens (tertiary/aromatic N) is 1. The highest BCUT2D eigenvalue weighted by Gasteiger charge is 2.06. The molecule has 0 aliphatic heterocycles. The van der Waals surface area contributed by atoms with Gasteiger partial charge in [-0.2, -0.15) is 0 Å². The van der Waals surface area contributed by atoms with Gasteiger partial charge in [0.05, 0.1) is 35.0 Å². The van der Waals surface area contributed by atoms with Gasteiger partial charge in [0.1, 0.15) is 17.2 Å². The maximum Gasteiger partial charge on any atom is 0.195 e. The molecule has 8 nitrogen and oxygen atoms in total. The Bertz CT molecular complexity index is 804. The fourth-order valence-corrected chi connectivity index (χ4v) is 2.67. The third-order valence-electron chi connectivity index (χ3n) is 4.16. The lowest BCUT2D eigenvalue weighted by molar-refractivity contribution is 0.307. The average molecular weight is 418 g/mol. The van der Waals surface area contributed by atoms with Gasteiger partial charge in [0.25, 0.3) is 0 Å². The van der Waals surface area contributed by atoms with Crippen LogP contribution in [-0.4, -0.2) is 54.1 Å². The van der Waals surface area contributed by atoms with Crippen LogP contribution in [0.2, 0.25) is 0 Å². The summed E-state index contributed by atoms with van der Waals surface area (Å²) in [5.41, 5.74) is 0.854. The van der Waals surface area contributed by atoms with Gasteiger partial charge in [-0.05, 0) is 19.1 Å². The number of hydrogen-bond donors (Lipinski definition) is 2. The van der Waals surface area contributed by atoms with Crippen molar-refractivity contribution >= 4 is 11.6 Å². The standard InChI is InChI=1S/C22H31N3O5/c1-6-23-22(25-16-8-9-20(28-4)21(12-16)29-5)24-10-7-11-30-19-14-17(26-2)13-18(15-19)27-3/h8-9,12-15H,6-7,10-11H2,1-5H3,(H2,23,24,25). The molecule has 0 fully saturated rings. The minimum atomic E-state index is 0.523. The van der Waals surface area contributed by atoms with E-state index in [9.17, 15) is 0 Å². The Morgan fingerprint density at radius 1 is 0.833 bits per heavy atom. The number of anilines is 1. The van der Waals surface area contributed by atoms with E-state index in [0.717, 1.165) is 18.7 Å². The van der Waals surface area contributed by atoms with Crippen LogP contribution in [0.3, 0.4) is 0 Å². The summed E-state index contributed by atoms with van der Waals surface area (Å²) in [6.45, 7) is 3.89. The minimum Gasteiger partial charge on any atom is -0.496 e. The minimum absolute atomic E-state index is 0.523. The number of nitrogens with one attached hydrogen (secondary N) is 2. The predicted molar refractivity (Wildman–Crippen MR) is 119 cm³/mol. The first-order valence-corrected chi connectivity index (χ1v) is 9.76. The molecule has 0 aliphatic rings. The SMILES string of the molecule is CCNC(=NCCCOc1cc(OC)cc(OC)c1)Nc1ccc(OC)c(OC)c1. The van der Waals surface area contributed by atoms with Crippen molar-refractivity contribution in [2.75, 3.05) is 53.5 Å². The van der Waals surface area contributed by atoms with Crippen LogP contribution >= 0.6 is 0 Å². The second-order valence-electron chi connectivity index (χ2n) is 6.21. The monoisotopic (exact) mass is 417 g/mol. The molecule has 2 aromatic carbocycles. The van der Waals surface area contributed by atoms with Gasteiger partial charge in [-0.15, -0.1) is 0 Å². The van der Waals surface area contributed by atoms with E-state index in [4.69, 9.17) is 23.7 Å². The molecule has 2 rings (SSSR count). The summed E-state index contributed by atoms with van der Waals surface area (Å²) >= 11 is 0. The molecule has 0 saturated carbocycles. The molecule has 0 unspecified atom stereocenters. The molecule has 0 atom stereocenters. The molecule has 164 valence electrons. The van der Waals surface area contributed by atoms with E-state index in [0.29, 0.717) is 47.9 Å². The Kier molecular flexibility index (Phi) is 9.44. The van der Waals surface area contributed by atoms with Crippen LogP contribution in [0.5, 0.6) is 28.7 Å². The van der Waals surface area contributed by atoms with Gasteiger partial charge in [0.2, 0.25) is 0 Å². The molecule has 0 heterocycles. The summed E-state index contributed by atoms with van der Waals surface area (Å²) in [6.07, 6.45) is 0.752. The Balaban J connectivity index is 1.91. The van der Waals surface area contributed by atoms with E-state index < -0.39 is 0 Å². The molecule has 0 radical (unpaired) electrons. The quantitative estimate of drug-likeness (QED) is 0.329. The summed E-state index contributed by atoms with van der Waals surface area (Å²) in [6, 6.07) is 11.1. The summed E-state index contributed by atoms with van der Waals surface area (Å²) in [7, 11) is 6.45. The third-order valence-corrected chi connectivity index (χ3v) is 4.16. The van der Waals surface area contributed by atoms with Crippen LogP contribution in [-0.2, 0) is 0 Å². The van der Waals surface area contributed by atoms with Gasteiger partial charge in [-0.3, -0.25) is 4.99 Å². The molecule has 0 amide bonds. The zero-order valence-corrected chi connectivity index (χ0v) is 18.3. The molecule has 0 aromatic heterocycles. The highest BCUT2D eigenvalue weighted by atomic mass is 16.5. The zero-order chi connectivity index (χ0) is 21.8. The van der Waals surface area contributed by atoms with Crippen LogP contribution < -0.4 is 34.3 Å². The lowest BCUT2D eigenvalue weighted by Crippen LogP contribution is -2.30. The lowest BCUT2D eigenvalue weighted by Gasteiger charge is -2.14. The van der Waals surface area contributed by atoms with Crippen molar-refractivity contribution in [3.8, 4) is 28.7 Å². The van der Waals surface area contributed by atoms with Crippen LogP contribution in [0.4, 0.5) is 5.69 Å². The van der Waals surface area contributed by atoms with Gasteiger partial charge >= 0.3 is 0 Å². The summed E-state index contributed by atoms with van der Waals surface area (Å²) < 4.78 is 26.9. The second kappa shape index (κ2) is 12.3. The van der Waals surface area contributed by atoms with E-state index in [1.807, 2.05) is 37.3 Å². The first kappa shape index (κ1) is 23.0. The number of hydrogen-bond acceptors (Lipinski definition) is 6. The van der Waals surface area contributed by atoms with E-state index in [1.165, 1.54) is 0 Å². The highest BCUT2D eigenvalue weighted by Crippen LogP contribution is 2.30. The van der Waals surface area contributed by atoms with E-state index in [1.54, 1.807) is 34.5 Å². The fraction of sp³-hybridized carbons (Fsp3) is 0.409. The van der Waals surface area contributed by atoms with Crippen LogP contribution in [0.25, 0.3) is 0 Å². The van der Waals surface area contributed by atoms with Crippen molar-refractivity contribution < 1.29 is 23.7 Å². The second-order valence-corrected chi connectivity index (χ2v) is 6.21. The number of ether oxygens (including phenoxy) is 5. The summed E-state index contributed by atoms with van der Waals surface area (Å²) in [5, 5.41) is 6.50. The van der Waals surface area contributed by atoms with Crippen LogP contribution in [0.15, 0.2) is 41.4 Å². The van der Waals surface area contributed by atoms with Gasteiger partial charge in [-0.25, -0.2) is 0 Å². The predicted octanol–water partition coefficient (Wildman–Crippen LogP) is 3.57. The van der Waals surface area contributed by atoms with Crippen molar-refractivity contribution in [1.29, 1.82) is 0 Å². The Morgan fingerprint density at radius 2 is 1.50 bits per heavy atom. The van der Waals surface area contributed by atoms with Crippen LogP contribution in [0, 0.1) is 0 Å². The van der Waals surface area contributed by atoms with Crippen molar-refractivity contribution in [3.63, 3.8) is 0 Å². The molecule has 0 bridgehead atoms. The molecule has 2 N–H and O–H groups in total. The first-order valence-electron chi connectivity index (χ1n) is 9.76.